The summed E-state index contributed by atoms with van der Waals surface area (Å²) in [7, 11) is 0. The van der Waals surface area contributed by atoms with Gasteiger partial charge in [-0.25, -0.2) is 9.18 Å². The summed E-state index contributed by atoms with van der Waals surface area (Å²) in [6.07, 6.45) is -2.48. The number of ether oxygens (including phenoxy) is 1. The fourth-order valence-corrected chi connectivity index (χ4v) is 0.978. The van der Waals surface area contributed by atoms with Crippen molar-refractivity contribution in [3.63, 3.8) is 0 Å². The third-order valence-corrected chi connectivity index (χ3v) is 1.55. The van der Waals surface area contributed by atoms with Crippen LogP contribution in [0.4, 0.5) is 9.18 Å². The van der Waals surface area contributed by atoms with Crippen LogP contribution < -0.4 is 0 Å². The van der Waals surface area contributed by atoms with Crippen molar-refractivity contribution in [2.45, 2.75) is 6.10 Å². The number of hydrogen-bond acceptors (Lipinski definition) is 2. The summed E-state index contributed by atoms with van der Waals surface area (Å²) < 4.78 is 16.6. The molecule has 0 radical (unpaired) electrons. The van der Waals surface area contributed by atoms with Crippen molar-refractivity contribution >= 4 is 6.16 Å². The Bertz CT molecular complexity index is 273. The van der Waals surface area contributed by atoms with Crippen LogP contribution in [0.3, 0.4) is 0 Å². The molecule has 0 aromatic heterocycles. The number of carbonyl (C=O) groups is 1. The first kappa shape index (κ1) is 9.51. The zero-order valence-corrected chi connectivity index (χ0v) is 6.81. The van der Waals surface area contributed by atoms with Gasteiger partial charge < -0.3 is 9.84 Å². The van der Waals surface area contributed by atoms with E-state index in [1.807, 2.05) is 0 Å². The van der Waals surface area contributed by atoms with Gasteiger partial charge in [0.15, 0.2) is 6.10 Å². The average molecular weight is 184 g/mol. The van der Waals surface area contributed by atoms with E-state index in [1.54, 1.807) is 30.3 Å². The van der Waals surface area contributed by atoms with Gasteiger partial charge in [-0.2, -0.15) is 0 Å². The van der Waals surface area contributed by atoms with Crippen molar-refractivity contribution in [2.24, 2.45) is 0 Å². The molecule has 3 nitrogen and oxygen atoms in total. The maximum absolute atomic E-state index is 12.3. The number of rotatable bonds is 3. The highest BCUT2D eigenvalue weighted by molar-refractivity contribution is 5.57. The Morgan fingerprint density at radius 1 is 1.46 bits per heavy atom. The summed E-state index contributed by atoms with van der Waals surface area (Å²) in [5, 5.41) is 8.29. The molecule has 1 aromatic carbocycles. The molecule has 1 aromatic rings. The first-order valence-corrected chi connectivity index (χ1v) is 3.74. The smallest absolute Gasteiger partial charge is 0.450 e. The predicted molar refractivity (Wildman–Crippen MR) is 44.3 cm³/mol. The molecule has 1 N–H and O–H groups in total. The molecule has 0 saturated heterocycles. The van der Waals surface area contributed by atoms with Gasteiger partial charge in [-0.15, -0.1) is 0 Å². The zero-order chi connectivity index (χ0) is 9.68. The molecule has 4 heteroatoms. The van der Waals surface area contributed by atoms with E-state index in [4.69, 9.17) is 5.11 Å². The Kier molecular flexibility index (Phi) is 3.25. The van der Waals surface area contributed by atoms with Crippen LogP contribution >= 0.6 is 0 Å². The fraction of sp³-hybridized carbons (Fsp3) is 0.222. The molecule has 1 rings (SSSR count). The molecule has 1 unspecified atom stereocenters. The van der Waals surface area contributed by atoms with Crippen molar-refractivity contribution in [2.75, 3.05) is 6.67 Å². The van der Waals surface area contributed by atoms with E-state index >= 15 is 0 Å². The number of alkyl halides is 1. The average Bonchev–Trinajstić information content (AvgIpc) is 2.15. The molecule has 0 heterocycles. The molecule has 0 bridgehead atoms. The first-order chi connectivity index (χ1) is 6.24. The highest BCUT2D eigenvalue weighted by atomic mass is 19.1. The first-order valence-electron chi connectivity index (χ1n) is 3.74. The summed E-state index contributed by atoms with van der Waals surface area (Å²) in [4.78, 5) is 10.2. The molecule has 0 aliphatic heterocycles. The molecule has 0 fully saturated rings. The van der Waals surface area contributed by atoms with Crippen LogP contribution in [0.25, 0.3) is 0 Å². The van der Waals surface area contributed by atoms with Gasteiger partial charge in [-0.05, 0) is 5.56 Å². The SMILES string of the molecule is O=C(O)OC(CF)c1ccccc1. The van der Waals surface area contributed by atoms with Crippen molar-refractivity contribution in [1.29, 1.82) is 0 Å². The molecule has 0 amide bonds. The maximum Gasteiger partial charge on any atom is 0.506 e. The summed E-state index contributed by atoms with van der Waals surface area (Å²) in [5.41, 5.74) is 0.521. The number of benzene rings is 1. The normalized spacial score (nSPS) is 12.1. The molecule has 0 aliphatic carbocycles. The lowest BCUT2D eigenvalue weighted by molar-refractivity contribution is 0.0399. The van der Waals surface area contributed by atoms with Gasteiger partial charge in [0, 0.05) is 0 Å². The van der Waals surface area contributed by atoms with Gasteiger partial charge >= 0.3 is 6.16 Å². The minimum absolute atomic E-state index is 0.521. The van der Waals surface area contributed by atoms with Crippen LogP contribution in [-0.4, -0.2) is 17.9 Å². The minimum atomic E-state index is -1.47. The molecular formula is C9H9FO3. The minimum Gasteiger partial charge on any atom is -0.450 e. The van der Waals surface area contributed by atoms with E-state index in [2.05, 4.69) is 4.74 Å². The Morgan fingerprint density at radius 2 is 2.08 bits per heavy atom. The van der Waals surface area contributed by atoms with Crippen molar-refractivity contribution < 1.29 is 19.0 Å². The Morgan fingerprint density at radius 3 is 2.54 bits per heavy atom. The number of halogens is 1. The van der Waals surface area contributed by atoms with Crippen LogP contribution in [-0.2, 0) is 4.74 Å². The standard InChI is InChI=1S/C9H9FO3/c10-6-8(13-9(11)12)7-4-2-1-3-5-7/h1-5,8H,6H2,(H,11,12). The van der Waals surface area contributed by atoms with Gasteiger partial charge in [0.1, 0.15) is 6.67 Å². The Labute approximate surface area is 74.8 Å². The second kappa shape index (κ2) is 4.45. The van der Waals surface area contributed by atoms with Crippen molar-refractivity contribution in [3.05, 3.63) is 35.9 Å². The zero-order valence-electron chi connectivity index (χ0n) is 6.81. The molecule has 13 heavy (non-hydrogen) atoms. The summed E-state index contributed by atoms with van der Waals surface area (Å²) >= 11 is 0. The van der Waals surface area contributed by atoms with Gasteiger partial charge in [-0.3, -0.25) is 0 Å². The van der Waals surface area contributed by atoms with Gasteiger partial charge in [0.05, 0.1) is 0 Å². The number of hydrogen-bond donors (Lipinski definition) is 1. The quantitative estimate of drug-likeness (QED) is 0.733. The monoisotopic (exact) mass is 184 g/mol. The molecule has 0 saturated carbocycles. The summed E-state index contributed by atoms with van der Waals surface area (Å²) in [6, 6.07) is 8.40. The van der Waals surface area contributed by atoms with Crippen molar-refractivity contribution in [1.82, 2.24) is 0 Å². The second-order valence-corrected chi connectivity index (χ2v) is 2.44. The van der Waals surface area contributed by atoms with E-state index in [9.17, 15) is 9.18 Å². The molecule has 70 valence electrons. The lowest BCUT2D eigenvalue weighted by Crippen LogP contribution is -2.10. The van der Waals surface area contributed by atoms with Crippen molar-refractivity contribution in [3.8, 4) is 0 Å². The lowest BCUT2D eigenvalue weighted by Gasteiger charge is -2.11. The van der Waals surface area contributed by atoms with E-state index in [0.717, 1.165) is 0 Å². The van der Waals surface area contributed by atoms with Crippen LogP contribution in [0.2, 0.25) is 0 Å². The van der Waals surface area contributed by atoms with Crippen LogP contribution in [0.1, 0.15) is 11.7 Å². The highest BCUT2D eigenvalue weighted by Gasteiger charge is 2.14. The summed E-state index contributed by atoms with van der Waals surface area (Å²) in [6.45, 7) is -0.851. The maximum atomic E-state index is 12.3. The van der Waals surface area contributed by atoms with E-state index in [-0.39, 0.29) is 0 Å². The van der Waals surface area contributed by atoms with Gasteiger partial charge in [-0.1, -0.05) is 30.3 Å². The second-order valence-electron chi connectivity index (χ2n) is 2.44. The molecule has 1 atom stereocenters. The molecule has 0 spiro atoms. The van der Waals surface area contributed by atoms with Crippen LogP contribution in [0.5, 0.6) is 0 Å². The Hall–Kier alpha value is -1.58. The van der Waals surface area contributed by atoms with E-state index in [1.165, 1.54) is 0 Å². The predicted octanol–water partition coefficient (Wildman–Crippen LogP) is 2.39. The topological polar surface area (TPSA) is 46.5 Å². The third-order valence-electron chi connectivity index (χ3n) is 1.55. The number of carboxylic acid groups (broad SMARTS) is 1. The van der Waals surface area contributed by atoms with Crippen LogP contribution in [0, 0.1) is 0 Å². The van der Waals surface area contributed by atoms with E-state index in [0.29, 0.717) is 5.56 Å². The third kappa shape index (κ3) is 2.74. The summed E-state index contributed by atoms with van der Waals surface area (Å²) in [5.74, 6) is 0. The Balaban J connectivity index is 2.73. The fourth-order valence-electron chi connectivity index (χ4n) is 0.978. The van der Waals surface area contributed by atoms with E-state index < -0.39 is 18.9 Å². The highest BCUT2D eigenvalue weighted by Crippen LogP contribution is 2.17. The molecule has 0 aliphatic rings. The molecular weight excluding hydrogens is 175 g/mol. The van der Waals surface area contributed by atoms with Crippen LogP contribution in [0.15, 0.2) is 30.3 Å². The largest absolute Gasteiger partial charge is 0.506 e. The lowest BCUT2D eigenvalue weighted by atomic mass is 10.1. The van der Waals surface area contributed by atoms with Gasteiger partial charge in [0.25, 0.3) is 0 Å². The van der Waals surface area contributed by atoms with Gasteiger partial charge in [0.2, 0.25) is 0 Å².